The molecule has 0 bridgehead atoms. The predicted molar refractivity (Wildman–Crippen MR) is 64.5 cm³/mol. The van der Waals surface area contributed by atoms with Crippen LogP contribution in [0, 0.1) is 5.82 Å². The third kappa shape index (κ3) is 2.39. The maximum Gasteiger partial charge on any atom is 0.137 e. The van der Waals surface area contributed by atoms with E-state index in [1.807, 2.05) is 24.3 Å². The number of hydrogen-bond acceptors (Lipinski definition) is 0. The Bertz CT molecular complexity index is 479. The lowest BCUT2D eigenvalue weighted by molar-refractivity contribution is 0.621. The third-order valence-corrected chi connectivity index (χ3v) is 2.96. The Morgan fingerprint density at radius 3 is 2.13 bits per heavy atom. The first-order valence-corrected chi connectivity index (χ1v) is 5.55. The van der Waals surface area contributed by atoms with Crippen molar-refractivity contribution in [1.82, 2.24) is 0 Å². The van der Waals surface area contributed by atoms with Gasteiger partial charge in [0.1, 0.15) is 5.82 Å². The van der Waals surface area contributed by atoms with Crippen molar-refractivity contribution in [3.8, 4) is 11.1 Å². The summed E-state index contributed by atoms with van der Waals surface area (Å²) in [5.41, 5.74) is 1.97. The van der Waals surface area contributed by atoms with Crippen molar-refractivity contribution < 1.29 is 4.39 Å². The Balaban J connectivity index is 2.45. The molecule has 0 aromatic heterocycles. The zero-order valence-electron chi connectivity index (χ0n) is 7.68. The average molecular weight is 286 g/mol. The summed E-state index contributed by atoms with van der Waals surface area (Å²) in [6, 6.07) is 12.4. The van der Waals surface area contributed by atoms with Crippen LogP contribution < -0.4 is 0 Å². The van der Waals surface area contributed by atoms with Gasteiger partial charge in [-0.1, -0.05) is 29.8 Å². The summed E-state index contributed by atoms with van der Waals surface area (Å²) < 4.78 is 13.5. The van der Waals surface area contributed by atoms with Crippen molar-refractivity contribution in [2.75, 3.05) is 0 Å². The Morgan fingerprint density at radius 1 is 0.933 bits per heavy atom. The molecule has 0 atom stereocenters. The van der Waals surface area contributed by atoms with Crippen LogP contribution in [-0.4, -0.2) is 0 Å². The second kappa shape index (κ2) is 4.33. The maximum atomic E-state index is 13.0. The van der Waals surface area contributed by atoms with Gasteiger partial charge in [0.05, 0.1) is 4.47 Å². The minimum atomic E-state index is -0.257. The number of hydrogen-bond donors (Lipinski definition) is 0. The standard InChI is InChI=1S/C12H7BrClF/c13-11-7-9(3-6-12(11)15)8-1-4-10(14)5-2-8/h1-7H. The van der Waals surface area contributed by atoms with Crippen LogP contribution in [0.4, 0.5) is 4.39 Å². The van der Waals surface area contributed by atoms with E-state index in [-0.39, 0.29) is 5.82 Å². The van der Waals surface area contributed by atoms with E-state index in [9.17, 15) is 4.39 Å². The molecule has 0 nitrogen and oxygen atoms in total. The first-order chi connectivity index (χ1) is 7.16. The highest BCUT2D eigenvalue weighted by atomic mass is 79.9. The molecule has 3 heteroatoms. The van der Waals surface area contributed by atoms with Crippen LogP contribution >= 0.6 is 27.5 Å². The van der Waals surface area contributed by atoms with E-state index < -0.39 is 0 Å². The molecule has 0 N–H and O–H groups in total. The molecule has 76 valence electrons. The van der Waals surface area contributed by atoms with Gasteiger partial charge in [-0.15, -0.1) is 0 Å². The molecule has 0 radical (unpaired) electrons. The number of halogens is 3. The first-order valence-electron chi connectivity index (χ1n) is 4.38. The minimum absolute atomic E-state index is 0.257. The lowest BCUT2D eigenvalue weighted by Gasteiger charge is -2.03. The highest BCUT2D eigenvalue weighted by Gasteiger charge is 2.02. The number of benzene rings is 2. The highest BCUT2D eigenvalue weighted by Crippen LogP contribution is 2.26. The molecule has 0 unspecified atom stereocenters. The lowest BCUT2D eigenvalue weighted by Crippen LogP contribution is -1.81. The highest BCUT2D eigenvalue weighted by molar-refractivity contribution is 9.10. The summed E-state index contributed by atoms with van der Waals surface area (Å²) in [5, 5.41) is 0.694. The minimum Gasteiger partial charge on any atom is -0.206 e. The molecule has 0 saturated heterocycles. The van der Waals surface area contributed by atoms with Gasteiger partial charge in [-0.3, -0.25) is 0 Å². The summed E-state index contributed by atoms with van der Waals surface area (Å²) in [7, 11) is 0. The fourth-order valence-electron chi connectivity index (χ4n) is 1.32. The van der Waals surface area contributed by atoms with Crippen LogP contribution in [0.15, 0.2) is 46.9 Å². The quantitative estimate of drug-likeness (QED) is 0.698. The van der Waals surface area contributed by atoms with Gasteiger partial charge in [0, 0.05) is 5.02 Å². The van der Waals surface area contributed by atoms with Gasteiger partial charge in [0.2, 0.25) is 0 Å². The monoisotopic (exact) mass is 284 g/mol. The summed E-state index contributed by atoms with van der Waals surface area (Å²) in [5.74, 6) is -0.257. The van der Waals surface area contributed by atoms with Crippen LogP contribution in [0.1, 0.15) is 0 Å². The Hall–Kier alpha value is -0.860. The van der Waals surface area contributed by atoms with Gasteiger partial charge in [0.25, 0.3) is 0 Å². The van der Waals surface area contributed by atoms with E-state index in [1.165, 1.54) is 6.07 Å². The summed E-state index contributed by atoms with van der Waals surface area (Å²) >= 11 is 8.94. The Kier molecular flexibility index (Phi) is 3.08. The zero-order valence-corrected chi connectivity index (χ0v) is 10.0. The third-order valence-electron chi connectivity index (χ3n) is 2.10. The predicted octanol–water partition coefficient (Wildman–Crippen LogP) is 4.91. The first kappa shape index (κ1) is 10.7. The Labute approximate surface area is 101 Å². The van der Waals surface area contributed by atoms with E-state index in [4.69, 9.17) is 11.6 Å². The van der Waals surface area contributed by atoms with E-state index >= 15 is 0 Å². The van der Waals surface area contributed by atoms with Gasteiger partial charge in [0.15, 0.2) is 0 Å². The van der Waals surface area contributed by atoms with Crippen molar-refractivity contribution in [2.45, 2.75) is 0 Å². The second-order valence-electron chi connectivity index (χ2n) is 3.14. The smallest absolute Gasteiger partial charge is 0.137 e. The molecule has 0 spiro atoms. The topological polar surface area (TPSA) is 0 Å². The molecular weight excluding hydrogens is 278 g/mol. The second-order valence-corrected chi connectivity index (χ2v) is 4.43. The summed E-state index contributed by atoms with van der Waals surface area (Å²) in [6.07, 6.45) is 0. The fraction of sp³-hybridized carbons (Fsp3) is 0. The van der Waals surface area contributed by atoms with E-state index in [0.29, 0.717) is 9.50 Å². The average Bonchev–Trinajstić information content (AvgIpc) is 2.23. The molecule has 0 saturated carbocycles. The van der Waals surface area contributed by atoms with Crippen molar-refractivity contribution in [2.24, 2.45) is 0 Å². The van der Waals surface area contributed by atoms with Crippen LogP contribution in [-0.2, 0) is 0 Å². The molecule has 0 heterocycles. The van der Waals surface area contributed by atoms with Gasteiger partial charge in [-0.05, 0) is 51.3 Å². The molecule has 2 aromatic rings. The van der Waals surface area contributed by atoms with Gasteiger partial charge in [-0.2, -0.15) is 0 Å². The Morgan fingerprint density at radius 2 is 1.53 bits per heavy atom. The van der Waals surface area contributed by atoms with Gasteiger partial charge >= 0.3 is 0 Å². The normalized spacial score (nSPS) is 10.3. The number of rotatable bonds is 1. The molecular formula is C12H7BrClF. The SMILES string of the molecule is Fc1ccc(-c2ccc(Cl)cc2)cc1Br. The van der Waals surface area contributed by atoms with E-state index in [0.717, 1.165) is 11.1 Å². The van der Waals surface area contributed by atoms with E-state index in [2.05, 4.69) is 15.9 Å². The van der Waals surface area contributed by atoms with Crippen LogP contribution in [0.25, 0.3) is 11.1 Å². The van der Waals surface area contributed by atoms with Crippen molar-refractivity contribution >= 4 is 27.5 Å². The summed E-state index contributed by atoms with van der Waals surface area (Å²) in [6.45, 7) is 0. The summed E-state index contributed by atoms with van der Waals surface area (Å²) in [4.78, 5) is 0. The van der Waals surface area contributed by atoms with Crippen molar-refractivity contribution in [3.05, 3.63) is 57.8 Å². The van der Waals surface area contributed by atoms with Crippen LogP contribution in [0.2, 0.25) is 5.02 Å². The van der Waals surface area contributed by atoms with Gasteiger partial charge < -0.3 is 0 Å². The lowest BCUT2D eigenvalue weighted by atomic mass is 10.1. The molecule has 0 fully saturated rings. The van der Waals surface area contributed by atoms with E-state index in [1.54, 1.807) is 12.1 Å². The molecule has 0 aliphatic rings. The molecule has 0 aliphatic heterocycles. The zero-order chi connectivity index (χ0) is 10.8. The van der Waals surface area contributed by atoms with Crippen LogP contribution in [0.5, 0.6) is 0 Å². The van der Waals surface area contributed by atoms with Crippen molar-refractivity contribution in [1.29, 1.82) is 0 Å². The molecule has 2 aromatic carbocycles. The molecule has 2 rings (SSSR count). The largest absolute Gasteiger partial charge is 0.206 e. The van der Waals surface area contributed by atoms with Crippen LogP contribution in [0.3, 0.4) is 0 Å². The molecule has 0 aliphatic carbocycles. The molecule has 15 heavy (non-hydrogen) atoms. The maximum absolute atomic E-state index is 13.0. The fourth-order valence-corrected chi connectivity index (χ4v) is 1.82. The molecule has 0 amide bonds. The van der Waals surface area contributed by atoms with Crippen molar-refractivity contribution in [3.63, 3.8) is 0 Å². The van der Waals surface area contributed by atoms with Gasteiger partial charge in [-0.25, -0.2) is 4.39 Å².